The van der Waals surface area contributed by atoms with Crippen LogP contribution in [0.4, 0.5) is 0 Å². The van der Waals surface area contributed by atoms with Crippen molar-refractivity contribution < 1.29 is 4.79 Å². The van der Waals surface area contributed by atoms with Crippen LogP contribution in [0.1, 0.15) is 12.8 Å². The van der Waals surface area contributed by atoms with E-state index in [0.29, 0.717) is 17.7 Å². The van der Waals surface area contributed by atoms with Crippen molar-refractivity contribution in [3.63, 3.8) is 0 Å². The Balaban J connectivity index is 1.34. The summed E-state index contributed by atoms with van der Waals surface area (Å²) in [6.45, 7) is 0.00294. The van der Waals surface area contributed by atoms with E-state index in [1.54, 1.807) is 0 Å². The Labute approximate surface area is 133 Å². The zero-order chi connectivity index (χ0) is 15.6. The third-order valence-electron chi connectivity index (χ3n) is 4.26. The number of rotatable bonds is 4. The first-order chi connectivity index (χ1) is 11.3. The fraction of sp³-hybridized carbons (Fsp3) is 0.312. The van der Waals surface area contributed by atoms with E-state index in [4.69, 9.17) is 0 Å². The average Bonchev–Trinajstić information content (AvgIpc) is 3.16. The molecule has 2 atom stereocenters. The van der Waals surface area contributed by atoms with Crippen molar-refractivity contribution >= 4 is 11.6 Å². The number of hydrogen-bond acceptors (Lipinski definition) is 5. The van der Waals surface area contributed by atoms with Crippen molar-refractivity contribution in [2.75, 3.05) is 0 Å². The van der Waals surface area contributed by atoms with Crippen LogP contribution < -0.4 is 5.43 Å². The molecular weight excluding hydrogens is 292 g/mol. The van der Waals surface area contributed by atoms with Gasteiger partial charge in [0.05, 0.1) is 0 Å². The zero-order valence-corrected chi connectivity index (χ0v) is 12.5. The van der Waals surface area contributed by atoms with E-state index in [1.165, 1.54) is 4.80 Å². The molecule has 0 saturated heterocycles. The highest BCUT2D eigenvalue weighted by atomic mass is 16.2. The van der Waals surface area contributed by atoms with E-state index in [1.807, 2.05) is 30.3 Å². The van der Waals surface area contributed by atoms with Gasteiger partial charge in [-0.25, -0.2) is 5.43 Å². The molecule has 0 bridgehead atoms. The molecule has 116 valence electrons. The van der Waals surface area contributed by atoms with Gasteiger partial charge < -0.3 is 0 Å². The summed E-state index contributed by atoms with van der Waals surface area (Å²) in [4.78, 5) is 13.2. The van der Waals surface area contributed by atoms with Crippen LogP contribution in [0.3, 0.4) is 0 Å². The summed E-state index contributed by atoms with van der Waals surface area (Å²) in [5.74, 6) is 1.37. The topological polar surface area (TPSA) is 85.1 Å². The highest BCUT2D eigenvalue weighted by molar-refractivity contribution is 5.94. The summed E-state index contributed by atoms with van der Waals surface area (Å²) in [5.41, 5.74) is 4.53. The quantitative estimate of drug-likeness (QED) is 0.683. The number of hydrogen-bond donors (Lipinski definition) is 1. The molecule has 0 spiro atoms. The molecule has 1 aromatic carbocycles. The first-order valence-electron chi connectivity index (χ1n) is 7.65. The molecule has 7 heteroatoms. The Bertz CT molecular complexity index is 779. The highest BCUT2D eigenvalue weighted by Gasteiger charge is 2.37. The van der Waals surface area contributed by atoms with E-state index in [-0.39, 0.29) is 12.5 Å². The average molecular weight is 308 g/mol. The van der Waals surface area contributed by atoms with E-state index in [9.17, 15) is 4.79 Å². The molecule has 1 aromatic heterocycles. The van der Waals surface area contributed by atoms with Gasteiger partial charge in [-0.2, -0.15) is 9.90 Å². The minimum absolute atomic E-state index is 0.00294. The number of benzene rings is 1. The Morgan fingerprint density at radius 3 is 3.04 bits per heavy atom. The Morgan fingerprint density at radius 2 is 2.22 bits per heavy atom. The summed E-state index contributed by atoms with van der Waals surface area (Å²) < 4.78 is 0. The molecule has 7 nitrogen and oxygen atoms in total. The molecule has 0 aliphatic heterocycles. The van der Waals surface area contributed by atoms with Gasteiger partial charge in [0, 0.05) is 17.2 Å². The van der Waals surface area contributed by atoms with Gasteiger partial charge in [0.15, 0.2) is 0 Å². The first kappa shape index (κ1) is 13.8. The van der Waals surface area contributed by atoms with Crippen LogP contribution in [0.15, 0.2) is 47.6 Å². The van der Waals surface area contributed by atoms with Crippen LogP contribution in [0.25, 0.3) is 11.4 Å². The van der Waals surface area contributed by atoms with E-state index in [0.717, 1.165) is 24.1 Å². The minimum atomic E-state index is -0.246. The summed E-state index contributed by atoms with van der Waals surface area (Å²) >= 11 is 0. The number of allylic oxidation sites excluding steroid dienone is 2. The summed E-state index contributed by atoms with van der Waals surface area (Å²) in [6.07, 6.45) is 6.39. The minimum Gasteiger partial charge on any atom is -0.271 e. The lowest BCUT2D eigenvalue weighted by atomic mass is 9.74. The van der Waals surface area contributed by atoms with E-state index < -0.39 is 0 Å². The van der Waals surface area contributed by atoms with Crippen LogP contribution in [0.5, 0.6) is 0 Å². The van der Waals surface area contributed by atoms with Crippen molar-refractivity contribution in [3.8, 4) is 11.4 Å². The maximum Gasteiger partial charge on any atom is 0.263 e. The zero-order valence-electron chi connectivity index (χ0n) is 12.5. The summed E-state index contributed by atoms with van der Waals surface area (Å²) in [6, 6.07) is 9.53. The highest BCUT2D eigenvalue weighted by Crippen LogP contribution is 2.39. The van der Waals surface area contributed by atoms with Crippen LogP contribution in [-0.4, -0.2) is 31.8 Å². The smallest absolute Gasteiger partial charge is 0.263 e. The fourth-order valence-corrected chi connectivity index (χ4v) is 2.97. The Morgan fingerprint density at radius 1 is 1.35 bits per heavy atom. The number of nitrogens with zero attached hydrogens (tertiary/aromatic N) is 5. The van der Waals surface area contributed by atoms with Gasteiger partial charge in [0.1, 0.15) is 6.54 Å². The molecular formula is C16H16N6O. The Hall–Kier alpha value is -2.83. The molecule has 23 heavy (non-hydrogen) atoms. The lowest BCUT2D eigenvalue weighted by Gasteiger charge is -2.31. The van der Waals surface area contributed by atoms with E-state index >= 15 is 0 Å². The van der Waals surface area contributed by atoms with E-state index in [2.05, 4.69) is 38.1 Å². The predicted octanol–water partition coefficient (Wildman–Crippen LogP) is 1.41. The fourth-order valence-electron chi connectivity index (χ4n) is 2.97. The number of fused-ring (bicyclic) bond motifs is 1. The molecule has 1 N–H and O–H groups in total. The maximum absolute atomic E-state index is 11.9. The molecule has 1 heterocycles. The standard InChI is InChI=1S/C16H16N6O/c23-15(18-17-14-9-12-7-4-8-13(12)14)10-22-20-16(19-21-22)11-5-2-1-3-6-11/h1-7,12-13H,8-10H2,(H,18,23)/b17-14-/t12-,13+/m1/s1. The molecule has 2 aliphatic rings. The third kappa shape index (κ3) is 2.77. The number of nitrogens with one attached hydrogen (secondary N) is 1. The number of tetrazole rings is 1. The largest absolute Gasteiger partial charge is 0.271 e. The number of carbonyl (C=O) groups excluding carboxylic acids is 1. The normalized spacial score (nSPS) is 23.6. The number of carbonyl (C=O) groups is 1. The van der Waals surface area contributed by atoms with Crippen LogP contribution in [0.2, 0.25) is 0 Å². The van der Waals surface area contributed by atoms with Crippen LogP contribution in [-0.2, 0) is 11.3 Å². The molecule has 4 rings (SSSR count). The third-order valence-corrected chi connectivity index (χ3v) is 4.26. The molecule has 1 fully saturated rings. The lowest BCUT2D eigenvalue weighted by Crippen LogP contribution is -2.36. The molecule has 2 aliphatic carbocycles. The van der Waals surface area contributed by atoms with Crippen molar-refractivity contribution in [1.29, 1.82) is 0 Å². The number of hydrazone groups is 1. The van der Waals surface area contributed by atoms with Crippen LogP contribution in [0, 0.1) is 11.8 Å². The van der Waals surface area contributed by atoms with Crippen molar-refractivity contribution in [2.24, 2.45) is 16.9 Å². The Kier molecular flexibility index (Phi) is 3.45. The monoisotopic (exact) mass is 308 g/mol. The van der Waals surface area contributed by atoms with Gasteiger partial charge >= 0.3 is 0 Å². The molecule has 0 radical (unpaired) electrons. The van der Waals surface area contributed by atoms with Crippen LogP contribution >= 0.6 is 0 Å². The maximum atomic E-state index is 11.9. The molecule has 1 amide bonds. The second-order valence-corrected chi connectivity index (χ2v) is 5.79. The van der Waals surface area contributed by atoms with Crippen molar-refractivity contribution in [3.05, 3.63) is 42.5 Å². The van der Waals surface area contributed by atoms with Gasteiger partial charge in [-0.3, -0.25) is 4.79 Å². The summed E-state index contributed by atoms with van der Waals surface area (Å²) in [5, 5.41) is 16.3. The van der Waals surface area contributed by atoms with Crippen molar-refractivity contribution in [1.82, 2.24) is 25.6 Å². The van der Waals surface area contributed by atoms with Gasteiger partial charge in [-0.15, -0.1) is 10.2 Å². The van der Waals surface area contributed by atoms with Crippen molar-refractivity contribution in [2.45, 2.75) is 19.4 Å². The van der Waals surface area contributed by atoms with Gasteiger partial charge in [0.2, 0.25) is 5.82 Å². The van der Waals surface area contributed by atoms with Gasteiger partial charge in [0.25, 0.3) is 5.91 Å². The first-order valence-corrected chi connectivity index (χ1v) is 7.65. The lowest BCUT2D eigenvalue weighted by molar-refractivity contribution is -0.122. The second kappa shape index (κ2) is 5.75. The molecule has 2 aromatic rings. The predicted molar refractivity (Wildman–Crippen MR) is 84.2 cm³/mol. The SMILES string of the molecule is O=C(Cn1nnc(-c2ccccc2)n1)N/N=C1/C[C@H]2C=CC[C@H]12. The summed E-state index contributed by atoms with van der Waals surface area (Å²) in [7, 11) is 0. The van der Waals surface area contributed by atoms with Gasteiger partial charge in [-0.05, 0) is 24.0 Å². The number of aromatic nitrogens is 4. The molecule has 1 saturated carbocycles. The van der Waals surface area contributed by atoms with Gasteiger partial charge in [-0.1, -0.05) is 42.5 Å². The molecule has 0 unspecified atom stereocenters. The number of amides is 1. The second-order valence-electron chi connectivity index (χ2n) is 5.79.